The van der Waals surface area contributed by atoms with Crippen molar-refractivity contribution < 1.29 is 9.90 Å². The van der Waals surface area contributed by atoms with E-state index in [1.54, 1.807) is 0 Å². The second kappa shape index (κ2) is 9.38. The molecule has 1 aromatic carbocycles. The van der Waals surface area contributed by atoms with E-state index in [0.717, 1.165) is 51.9 Å². The van der Waals surface area contributed by atoms with Gasteiger partial charge in [0.15, 0.2) is 0 Å². The van der Waals surface area contributed by atoms with Gasteiger partial charge in [-0.3, -0.25) is 9.69 Å². The Labute approximate surface area is 170 Å². The molecule has 28 heavy (non-hydrogen) atoms. The van der Waals surface area contributed by atoms with Crippen LogP contribution in [-0.2, 0) is 11.2 Å². The Morgan fingerprint density at radius 3 is 2.50 bits per heavy atom. The predicted octanol–water partition coefficient (Wildman–Crippen LogP) is 2.43. The molecule has 2 aliphatic rings. The Hall–Kier alpha value is -1.43. The Morgan fingerprint density at radius 1 is 1.21 bits per heavy atom. The number of carbonyl (C=O) groups excluding carboxylic acids is 1. The van der Waals surface area contributed by atoms with Crippen molar-refractivity contribution in [1.29, 1.82) is 0 Å². The predicted molar refractivity (Wildman–Crippen MR) is 113 cm³/mol. The van der Waals surface area contributed by atoms with E-state index in [0.29, 0.717) is 12.5 Å². The van der Waals surface area contributed by atoms with Crippen LogP contribution in [0.4, 0.5) is 0 Å². The van der Waals surface area contributed by atoms with Crippen LogP contribution >= 0.6 is 0 Å². The van der Waals surface area contributed by atoms with Crippen molar-refractivity contribution in [3.05, 3.63) is 35.9 Å². The van der Waals surface area contributed by atoms with Gasteiger partial charge < -0.3 is 15.3 Å². The number of likely N-dealkylation sites (N-methyl/N-ethyl adjacent to an activating group) is 1. The van der Waals surface area contributed by atoms with Gasteiger partial charge in [-0.15, -0.1) is 0 Å². The maximum Gasteiger partial charge on any atom is 0.240 e. The van der Waals surface area contributed by atoms with E-state index >= 15 is 0 Å². The molecule has 156 valence electrons. The molecule has 0 spiro atoms. The number of aliphatic hydroxyl groups is 1. The van der Waals surface area contributed by atoms with Crippen molar-refractivity contribution in [3.63, 3.8) is 0 Å². The van der Waals surface area contributed by atoms with Crippen LogP contribution < -0.4 is 5.32 Å². The second-order valence-electron chi connectivity index (χ2n) is 8.65. The van der Waals surface area contributed by atoms with Gasteiger partial charge in [-0.05, 0) is 51.1 Å². The number of hydrogen-bond acceptors (Lipinski definition) is 4. The zero-order valence-corrected chi connectivity index (χ0v) is 17.7. The van der Waals surface area contributed by atoms with Gasteiger partial charge in [0.1, 0.15) is 6.04 Å². The van der Waals surface area contributed by atoms with E-state index in [9.17, 15) is 9.90 Å². The number of hydrogen-bond donors (Lipinski definition) is 2. The first-order valence-corrected chi connectivity index (χ1v) is 11.0. The Balaban J connectivity index is 1.76. The summed E-state index contributed by atoms with van der Waals surface area (Å²) in [6.45, 7) is 10.2. The first kappa shape index (κ1) is 21.3. The fraction of sp³-hybridized carbons (Fsp3) is 0.696. The summed E-state index contributed by atoms with van der Waals surface area (Å²) in [5.74, 6) is -0.000212. The number of likely N-dealkylation sites (tertiary alicyclic amines) is 2. The molecule has 5 nitrogen and oxygen atoms in total. The van der Waals surface area contributed by atoms with Crippen LogP contribution in [0.2, 0.25) is 0 Å². The molecule has 0 aromatic heterocycles. The van der Waals surface area contributed by atoms with Crippen molar-refractivity contribution >= 4 is 5.91 Å². The molecule has 2 N–H and O–H groups in total. The number of rotatable bonds is 7. The molecule has 2 fully saturated rings. The Morgan fingerprint density at radius 2 is 1.89 bits per heavy atom. The number of carbonyl (C=O) groups is 1. The largest absolute Gasteiger partial charge is 0.391 e. The smallest absolute Gasteiger partial charge is 0.240 e. The van der Waals surface area contributed by atoms with Crippen molar-refractivity contribution in [3.8, 4) is 0 Å². The minimum absolute atomic E-state index is 0.000212. The fourth-order valence-corrected chi connectivity index (χ4v) is 4.85. The average molecular weight is 388 g/mol. The molecule has 1 aromatic rings. The van der Waals surface area contributed by atoms with Gasteiger partial charge in [0.2, 0.25) is 5.91 Å². The molecule has 3 atom stereocenters. The highest BCUT2D eigenvalue weighted by atomic mass is 16.3. The van der Waals surface area contributed by atoms with Crippen LogP contribution in [0.25, 0.3) is 0 Å². The lowest BCUT2D eigenvalue weighted by atomic mass is 9.81. The zero-order chi connectivity index (χ0) is 20.1. The molecule has 2 heterocycles. The van der Waals surface area contributed by atoms with Gasteiger partial charge in [-0.2, -0.15) is 0 Å². The van der Waals surface area contributed by atoms with E-state index < -0.39 is 12.1 Å². The van der Waals surface area contributed by atoms with Crippen molar-refractivity contribution in [2.24, 2.45) is 0 Å². The summed E-state index contributed by atoms with van der Waals surface area (Å²) < 4.78 is 0. The summed E-state index contributed by atoms with van der Waals surface area (Å²) in [5, 5.41) is 13.8. The van der Waals surface area contributed by atoms with E-state index in [4.69, 9.17) is 0 Å². The van der Waals surface area contributed by atoms with Gasteiger partial charge in [0.05, 0.1) is 6.10 Å². The number of nitrogens with one attached hydrogen (secondary N) is 1. The third kappa shape index (κ3) is 4.76. The first-order valence-electron chi connectivity index (χ1n) is 11.0. The van der Waals surface area contributed by atoms with E-state index in [2.05, 4.69) is 60.2 Å². The summed E-state index contributed by atoms with van der Waals surface area (Å²) in [7, 11) is 0. The molecule has 0 radical (unpaired) electrons. The van der Waals surface area contributed by atoms with Crippen LogP contribution in [0, 0.1) is 0 Å². The average Bonchev–Trinajstić information content (AvgIpc) is 3.09. The van der Waals surface area contributed by atoms with Gasteiger partial charge in [-0.1, -0.05) is 44.2 Å². The standard InChI is InChI=1S/C23H37N3O2/c1-4-18(3)26-15-12-23(13-16-26,17-19-9-7-6-8-10-19)24-22(28)21-20(27)11-14-25(21)5-2/h6-10,18,20-21,27H,4-5,11-17H2,1-3H3,(H,24,28). The number of piperidine rings is 1. The maximum atomic E-state index is 13.2. The summed E-state index contributed by atoms with van der Waals surface area (Å²) in [4.78, 5) is 17.9. The third-order valence-corrected chi connectivity index (χ3v) is 6.89. The highest BCUT2D eigenvalue weighted by Gasteiger charge is 2.42. The molecule has 0 aliphatic carbocycles. The summed E-state index contributed by atoms with van der Waals surface area (Å²) in [6, 6.07) is 10.6. The van der Waals surface area contributed by atoms with Crippen LogP contribution in [0.15, 0.2) is 30.3 Å². The number of aliphatic hydroxyl groups excluding tert-OH is 1. The third-order valence-electron chi connectivity index (χ3n) is 6.89. The topological polar surface area (TPSA) is 55.8 Å². The minimum atomic E-state index is -0.561. The molecule has 3 unspecified atom stereocenters. The molecular weight excluding hydrogens is 350 g/mol. The second-order valence-corrected chi connectivity index (χ2v) is 8.65. The van der Waals surface area contributed by atoms with Gasteiger partial charge >= 0.3 is 0 Å². The molecule has 2 saturated heterocycles. The lowest BCUT2D eigenvalue weighted by Gasteiger charge is -2.45. The molecule has 0 saturated carbocycles. The number of benzene rings is 1. The number of amides is 1. The Kier molecular flexibility index (Phi) is 7.13. The zero-order valence-electron chi connectivity index (χ0n) is 17.7. The summed E-state index contributed by atoms with van der Waals surface area (Å²) in [6.07, 6.45) is 4.02. The molecule has 2 aliphatic heterocycles. The summed E-state index contributed by atoms with van der Waals surface area (Å²) in [5.41, 5.74) is 1.03. The minimum Gasteiger partial charge on any atom is -0.391 e. The lowest BCUT2D eigenvalue weighted by molar-refractivity contribution is -0.130. The fourth-order valence-electron chi connectivity index (χ4n) is 4.85. The first-order chi connectivity index (χ1) is 13.5. The van der Waals surface area contributed by atoms with E-state index in [-0.39, 0.29) is 11.4 Å². The van der Waals surface area contributed by atoms with Crippen molar-refractivity contribution in [2.45, 2.75) is 76.6 Å². The van der Waals surface area contributed by atoms with Crippen LogP contribution in [0.5, 0.6) is 0 Å². The quantitative estimate of drug-likeness (QED) is 0.755. The highest BCUT2D eigenvalue weighted by Crippen LogP contribution is 2.29. The van der Waals surface area contributed by atoms with Gasteiger partial charge in [0, 0.05) is 31.2 Å². The van der Waals surface area contributed by atoms with Gasteiger partial charge in [0.25, 0.3) is 0 Å². The van der Waals surface area contributed by atoms with Crippen LogP contribution in [0.3, 0.4) is 0 Å². The van der Waals surface area contributed by atoms with E-state index in [1.807, 2.05) is 6.07 Å². The summed E-state index contributed by atoms with van der Waals surface area (Å²) >= 11 is 0. The van der Waals surface area contributed by atoms with Gasteiger partial charge in [-0.25, -0.2) is 0 Å². The number of nitrogens with zero attached hydrogens (tertiary/aromatic N) is 2. The molecular formula is C23H37N3O2. The molecule has 3 rings (SSSR count). The van der Waals surface area contributed by atoms with Crippen LogP contribution in [-0.4, -0.2) is 70.7 Å². The van der Waals surface area contributed by atoms with Crippen molar-refractivity contribution in [1.82, 2.24) is 15.1 Å². The molecule has 0 bridgehead atoms. The lowest BCUT2D eigenvalue weighted by Crippen LogP contribution is -2.61. The Bertz CT molecular complexity index is 628. The SMILES string of the molecule is CCC(C)N1CCC(Cc2ccccc2)(NC(=O)C2C(O)CCN2CC)CC1. The normalized spacial score (nSPS) is 26.9. The molecule has 5 heteroatoms. The van der Waals surface area contributed by atoms with Crippen molar-refractivity contribution in [2.75, 3.05) is 26.2 Å². The highest BCUT2D eigenvalue weighted by molar-refractivity contribution is 5.83. The van der Waals surface area contributed by atoms with Crippen LogP contribution in [0.1, 0.15) is 52.0 Å². The monoisotopic (exact) mass is 387 g/mol. The molecule has 1 amide bonds. The maximum absolute atomic E-state index is 13.2. The van der Waals surface area contributed by atoms with E-state index in [1.165, 1.54) is 5.56 Å².